The van der Waals surface area contributed by atoms with E-state index in [1.54, 1.807) is 6.92 Å². The van der Waals surface area contributed by atoms with Crippen LogP contribution < -0.4 is 4.90 Å². The second kappa shape index (κ2) is 6.82. The van der Waals surface area contributed by atoms with Gasteiger partial charge >= 0.3 is 0 Å². The van der Waals surface area contributed by atoms with E-state index in [9.17, 15) is 4.79 Å². The van der Waals surface area contributed by atoms with Crippen LogP contribution in [0, 0.1) is 13.8 Å². The fourth-order valence-corrected chi connectivity index (χ4v) is 3.46. The minimum absolute atomic E-state index is 0.116. The topological polar surface area (TPSA) is 75.4 Å². The second-order valence-electron chi connectivity index (χ2n) is 6.87. The molecule has 7 nitrogen and oxygen atoms in total. The van der Waals surface area contributed by atoms with Crippen molar-refractivity contribution in [3.8, 4) is 11.1 Å². The lowest BCUT2D eigenvalue weighted by Gasteiger charge is -2.32. The number of carbonyl (C=O) groups is 1. The first-order chi connectivity index (χ1) is 11.9. The van der Waals surface area contributed by atoms with E-state index in [0.717, 1.165) is 47.7 Å². The summed E-state index contributed by atoms with van der Waals surface area (Å²) in [6.07, 6.45) is 3.84. The van der Waals surface area contributed by atoms with E-state index in [2.05, 4.69) is 10.1 Å². The Labute approximate surface area is 148 Å². The van der Waals surface area contributed by atoms with Crippen molar-refractivity contribution < 1.29 is 9.32 Å². The third kappa shape index (κ3) is 3.36. The Balaban J connectivity index is 2.09. The minimum Gasteiger partial charge on any atom is -0.361 e. The van der Waals surface area contributed by atoms with Gasteiger partial charge in [-0.15, -0.1) is 0 Å². The number of piperidine rings is 1. The third-order valence-corrected chi connectivity index (χ3v) is 4.76. The molecule has 0 spiro atoms. The highest BCUT2D eigenvalue weighted by Crippen LogP contribution is 2.36. The molecule has 134 valence electrons. The van der Waals surface area contributed by atoms with E-state index in [4.69, 9.17) is 9.51 Å². The van der Waals surface area contributed by atoms with Crippen LogP contribution in [0.5, 0.6) is 0 Å². The molecule has 1 fully saturated rings. The van der Waals surface area contributed by atoms with Gasteiger partial charge < -0.3 is 14.3 Å². The summed E-state index contributed by atoms with van der Waals surface area (Å²) in [7, 11) is 3.86. The number of rotatable bonds is 3. The molecule has 1 aliphatic heterocycles. The number of nitrogens with zero attached hydrogens (tertiary/aromatic N) is 5. The van der Waals surface area contributed by atoms with Crippen LogP contribution in [0.4, 0.5) is 5.95 Å². The maximum atomic E-state index is 11.8. The van der Waals surface area contributed by atoms with Crippen molar-refractivity contribution >= 4 is 11.9 Å². The van der Waals surface area contributed by atoms with Gasteiger partial charge in [0, 0.05) is 51.8 Å². The third-order valence-electron chi connectivity index (χ3n) is 4.76. The Morgan fingerprint density at radius 3 is 2.72 bits per heavy atom. The van der Waals surface area contributed by atoms with E-state index in [1.165, 1.54) is 0 Å². The smallest absolute Gasteiger partial charge is 0.225 e. The van der Waals surface area contributed by atoms with Crippen LogP contribution in [0.3, 0.4) is 0 Å². The van der Waals surface area contributed by atoms with Crippen LogP contribution in [0.2, 0.25) is 0 Å². The van der Waals surface area contributed by atoms with Crippen molar-refractivity contribution in [1.82, 2.24) is 20.0 Å². The first kappa shape index (κ1) is 17.4. The van der Waals surface area contributed by atoms with Crippen LogP contribution >= 0.6 is 0 Å². The van der Waals surface area contributed by atoms with E-state index >= 15 is 0 Å². The number of hydrogen-bond acceptors (Lipinski definition) is 6. The Kier molecular flexibility index (Phi) is 4.74. The molecule has 7 heteroatoms. The molecule has 1 saturated heterocycles. The summed E-state index contributed by atoms with van der Waals surface area (Å²) >= 11 is 0. The lowest BCUT2D eigenvalue weighted by Crippen LogP contribution is -2.38. The molecule has 0 aliphatic carbocycles. The van der Waals surface area contributed by atoms with Gasteiger partial charge in [-0.3, -0.25) is 4.79 Å². The van der Waals surface area contributed by atoms with Gasteiger partial charge in [-0.05, 0) is 26.7 Å². The summed E-state index contributed by atoms with van der Waals surface area (Å²) in [4.78, 5) is 25.0. The van der Waals surface area contributed by atoms with Crippen LogP contribution in [0.25, 0.3) is 11.1 Å². The van der Waals surface area contributed by atoms with Crippen LogP contribution in [-0.2, 0) is 4.79 Å². The van der Waals surface area contributed by atoms with Gasteiger partial charge in [-0.2, -0.15) is 0 Å². The average Bonchev–Trinajstić information content (AvgIpc) is 2.93. The van der Waals surface area contributed by atoms with Gasteiger partial charge in [-0.25, -0.2) is 9.97 Å². The molecule has 0 radical (unpaired) electrons. The zero-order chi connectivity index (χ0) is 18.1. The zero-order valence-electron chi connectivity index (χ0n) is 15.5. The molecule has 1 aliphatic rings. The SMILES string of the molecule is CC(=O)N1CCC[C@H](c2nc(N(C)C)ncc2-c2c(C)noc2C)C1. The predicted molar refractivity (Wildman–Crippen MR) is 95.6 cm³/mol. The fourth-order valence-electron chi connectivity index (χ4n) is 3.46. The number of likely N-dealkylation sites (tertiary alicyclic amines) is 1. The molecule has 3 rings (SSSR count). The maximum Gasteiger partial charge on any atom is 0.225 e. The molecule has 0 bridgehead atoms. The van der Waals surface area contributed by atoms with Crippen molar-refractivity contribution in [3.05, 3.63) is 23.3 Å². The van der Waals surface area contributed by atoms with Gasteiger partial charge in [-0.1, -0.05) is 5.16 Å². The molecule has 2 aromatic heterocycles. The Hall–Kier alpha value is -2.44. The maximum absolute atomic E-state index is 11.8. The summed E-state index contributed by atoms with van der Waals surface area (Å²) in [5.41, 5.74) is 3.72. The van der Waals surface area contributed by atoms with E-state index in [0.29, 0.717) is 12.5 Å². The molecule has 2 aromatic rings. The van der Waals surface area contributed by atoms with E-state index < -0.39 is 0 Å². The molecular formula is C18H25N5O2. The first-order valence-electron chi connectivity index (χ1n) is 8.61. The molecule has 0 aromatic carbocycles. The molecule has 25 heavy (non-hydrogen) atoms. The van der Waals surface area contributed by atoms with Crippen LogP contribution in [-0.4, -0.2) is 53.1 Å². The molecule has 0 N–H and O–H groups in total. The Bertz CT molecular complexity index is 764. The second-order valence-corrected chi connectivity index (χ2v) is 6.87. The van der Waals surface area contributed by atoms with Gasteiger partial charge in [0.1, 0.15) is 5.76 Å². The van der Waals surface area contributed by atoms with Crippen molar-refractivity contribution in [2.75, 3.05) is 32.1 Å². The quantitative estimate of drug-likeness (QED) is 0.852. The summed E-state index contributed by atoms with van der Waals surface area (Å²) < 4.78 is 5.35. The van der Waals surface area contributed by atoms with Crippen molar-refractivity contribution in [2.45, 2.75) is 39.5 Å². The summed E-state index contributed by atoms with van der Waals surface area (Å²) in [6, 6.07) is 0. The van der Waals surface area contributed by atoms with Crippen molar-refractivity contribution in [3.63, 3.8) is 0 Å². The lowest BCUT2D eigenvalue weighted by atomic mass is 9.89. The fraction of sp³-hybridized carbons (Fsp3) is 0.556. The number of aromatic nitrogens is 3. The largest absolute Gasteiger partial charge is 0.361 e. The molecule has 1 atom stereocenters. The number of carbonyl (C=O) groups excluding carboxylic acids is 1. The average molecular weight is 343 g/mol. The number of hydrogen-bond donors (Lipinski definition) is 0. The van der Waals surface area contributed by atoms with Crippen LogP contribution in [0.15, 0.2) is 10.7 Å². The van der Waals surface area contributed by atoms with Crippen LogP contribution in [0.1, 0.15) is 42.8 Å². The first-order valence-corrected chi connectivity index (χ1v) is 8.61. The summed E-state index contributed by atoms with van der Waals surface area (Å²) in [6.45, 7) is 6.97. The highest BCUT2D eigenvalue weighted by molar-refractivity contribution is 5.74. The highest BCUT2D eigenvalue weighted by Gasteiger charge is 2.28. The standard InChI is InChI=1S/C18H25N5O2/c1-11-16(12(2)25-21-11)15-9-19-18(22(4)5)20-17(15)14-7-6-8-23(10-14)13(3)24/h9,14H,6-8,10H2,1-5H3/t14-/m0/s1. The Morgan fingerprint density at radius 2 is 2.12 bits per heavy atom. The molecule has 3 heterocycles. The molecular weight excluding hydrogens is 318 g/mol. The molecule has 1 amide bonds. The highest BCUT2D eigenvalue weighted by atomic mass is 16.5. The summed E-state index contributed by atoms with van der Waals surface area (Å²) in [5.74, 6) is 1.73. The predicted octanol–water partition coefficient (Wildman–Crippen LogP) is 2.54. The minimum atomic E-state index is 0.116. The van der Waals surface area contributed by atoms with Crippen molar-refractivity contribution in [1.29, 1.82) is 0 Å². The molecule has 0 saturated carbocycles. The monoisotopic (exact) mass is 343 g/mol. The van der Waals surface area contributed by atoms with Crippen molar-refractivity contribution in [2.24, 2.45) is 0 Å². The zero-order valence-corrected chi connectivity index (χ0v) is 15.5. The molecule has 0 unspecified atom stereocenters. The van der Waals surface area contributed by atoms with Gasteiger partial charge in [0.15, 0.2) is 0 Å². The summed E-state index contributed by atoms with van der Waals surface area (Å²) in [5, 5.41) is 4.07. The van der Waals surface area contributed by atoms with E-state index in [1.807, 2.05) is 43.9 Å². The van der Waals surface area contributed by atoms with E-state index in [-0.39, 0.29) is 11.8 Å². The number of anilines is 1. The van der Waals surface area contributed by atoms with Gasteiger partial charge in [0.05, 0.1) is 17.0 Å². The van der Waals surface area contributed by atoms with Gasteiger partial charge in [0.2, 0.25) is 11.9 Å². The number of amides is 1. The number of aryl methyl sites for hydroxylation is 2. The lowest BCUT2D eigenvalue weighted by molar-refractivity contribution is -0.130. The van der Waals surface area contributed by atoms with Gasteiger partial charge in [0.25, 0.3) is 0 Å². The Morgan fingerprint density at radius 1 is 1.36 bits per heavy atom. The normalized spacial score (nSPS) is 17.6.